The van der Waals surface area contributed by atoms with E-state index in [0.717, 1.165) is 63.2 Å². The lowest BCUT2D eigenvalue weighted by atomic mass is 9.77. The molecule has 40 heavy (non-hydrogen) atoms. The quantitative estimate of drug-likeness (QED) is 0.189. The first-order valence-electron chi connectivity index (χ1n) is 16.3. The van der Waals surface area contributed by atoms with E-state index >= 15 is 0 Å². The van der Waals surface area contributed by atoms with E-state index in [1.807, 2.05) is 19.1 Å². The minimum atomic E-state index is -3.32. The van der Waals surface area contributed by atoms with Crippen LogP contribution in [0.3, 0.4) is 0 Å². The Labute approximate surface area is 242 Å². The second-order valence-corrected chi connectivity index (χ2v) is 12.8. The Morgan fingerprint density at radius 1 is 0.800 bits per heavy atom. The van der Waals surface area contributed by atoms with Gasteiger partial charge in [-0.1, -0.05) is 44.1 Å². The van der Waals surface area contributed by atoms with E-state index in [1.54, 1.807) is 12.1 Å². The van der Waals surface area contributed by atoms with Crippen molar-refractivity contribution in [1.29, 1.82) is 0 Å². The standard InChI is InChI=1S/C36H52F2O2/c1-3-5-6-8-29-17-23-34(24-18-29)39-27-36(37,38)40-35-25-21-33(22-26-35)32-19-15-31(16-20-32)14-13-30-11-9-28(7-4-2)10-12-30/h13-14,21-22,25-26,28-32,34H,4,6-12,15-20,23-24,27H2,1-2H3. The predicted molar refractivity (Wildman–Crippen MR) is 161 cm³/mol. The Morgan fingerprint density at radius 3 is 1.98 bits per heavy atom. The molecular formula is C36H52F2O2. The van der Waals surface area contributed by atoms with Crippen LogP contribution < -0.4 is 4.74 Å². The van der Waals surface area contributed by atoms with Gasteiger partial charge in [-0.05, 0) is 138 Å². The molecule has 1 aromatic carbocycles. The Hall–Kier alpha value is -1.86. The van der Waals surface area contributed by atoms with Crippen molar-refractivity contribution in [2.75, 3.05) is 6.61 Å². The average molecular weight is 555 g/mol. The van der Waals surface area contributed by atoms with E-state index in [0.29, 0.717) is 17.8 Å². The third-order valence-electron chi connectivity index (χ3n) is 9.77. The molecule has 3 saturated carbocycles. The van der Waals surface area contributed by atoms with Crippen molar-refractivity contribution in [1.82, 2.24) is 0 Å². The molecule has 0 radical (unpaired) electrons. The highest BCUT2D eigenvalue weighted by atomic mass is 19.3. The zero-order chi connectivity index (χ0) is 28.2. The Bertz CT molecular complexity index is 935. The molecule has 0 saturated heterocycles. The van der Waals surface area contributed by atoms with Gasteiger partial charge in [0.2, 0.25) is 0 Å². The first-order chi connectivity index (χ1) is 19.4. The fraction of sp³-hybridized carbons (Fsp3) is 0.722. The summed E-state index contributed by atoms with van der Waals surface area (Å²) in [6.45, 7) is 3.48. The number of alkyl halides is 2. The summed E-state index contributed by atoms with van der Waals surface area (Å²) >= 11 is 0. The molecule has 0 spiro atoms. The van der Waals surface area contributed by atoms with Crippen LogP contribution in [0.2, 0.25) is 0 Å². The molecule has 2 nitrogen and oxygen atoms in total. The van der Waals surface area contributed by atoms with Crippen molar-refractivity contribution < 1.29 is 18.3 Å². The van der Waals surface area contributed by atoms with Gasteiger partial charge in [0.05, 0.1) is 6.10 Å². The minimum Gasteiger partial charge on any atom is -0.431 e. The van der Waals surface area contributed by atoms with E-state index in [2.05, 4.69) is 30.9 Å². The Kier molecular flexibility index (Phi) is 12.4. The van der Waals surface area contributed by atoms with Gasteiger partial charge in [-0.3, -0.25) is 0 Å². The molecule has 0 atom stereocenters. The van der Waals surface area contributed by atoms with Gasteiger partial charge < -0.3 is 9.47 Å². The molecule has 4 heteroatoms. The van der Waals surface area contributed by atoms with Crippen LogP contribution in [0, 0.1) is 35.5 Å². The second-order valence-electron chi connectivity index (χ2n) is 12.8. The van der Waals surface area contributed by atoms with E-state index in [1.165, 1.54) is 56.9 Å². The fourth-order valence-electron chi connectivity index (χ4n) is 7.25. The van der Waals surface area contributed by atoms with Crippen LogP contribution in [0.25, 0.3) is 0 Å². The third-order valence-corrected chi connectivity index (χ3v) is 9.77. The molecule has 3 fully saturated rings. The van der Waals surface area contributed by atoms with Gasteiger partial charge in [-0.15, -0.1) is 11.8 Å². The number of rotatable bonds is 12. The molecule has 0 amide bonds. The van der Waals surface area contributed by atoms with Crippen LogP contribution in [0.5, 0.6) is 5.75 Å². The van der Waals surface area contributed by atoms with Gasteiger partial charge in [0.15, 0.2) is 6.61 Å². The number of hydrogen-bond acceptors (Lipinski definition) is 2. The van der Waals surface area contributed by atoms with E-state index in [9.17, 15) is 8.78 Å². The maximum Gasteiger partial charge on any atom is 0.421 e. The monoisotopic (exact) mass is 554 g/mol. The molecule has 0 N–H and O–H groups in total. The summed E-state index contributed by atoms with van der Waals surface area (Å²) in [5, 5.41) is 0. The van der Waals surface area contributed by atoms with Gasteiger partial charge >= 0.3 is 6.11 Å². The molecule has 1 aromatic rings. The maximum atomic E-state index is 14.5. The predicted octanol–water partition coefficient (Wildman–Crippen LogP) is 10.5. The number of allylic oxidation sites excluding steroid dienone is 2. The van der Waals surface area contributed by atoms with Crippen LogP contribution in [0.4, 0.5) is 8.78 Å². The number of ether oxygens (including phenoxy) is 2. The first-order valence-corrected chi connectivity index (χ1v) is 16.3. The normalized spacial score (nSPS) is 29.6. The smallest absolute Gasteiger partial charge is 0.421 e. The van der Waals surface area contributed by atoms with Gasteiger partial charge in [-0.2, -0.15) is 8.78 Å². The molecule has 3 aliphatic carbocycles. The van der Waals surface area contributed by atoms with Gasteiger partial charge in [0.25, 0.3) is 0 Å². The van der Waals surface area contributed by atoms with Crippen molar-refractivity contribution in [3.8, 4) is 17.6 Å². The highest BCUT2D eigenvalue weighted by molar-refractivity contribution is 5.30. The highest BCUT2D eigenvalue weighted by Crippen LogP contribution is 2.38. The first kappa shape index (κ1) is 31.1. The molecule has 0 heterocycles. The van der Waals surface area contributed by atoms with Crippen LogP contribution in [0.15, 0.2) is 36.4 Å². The van der Waals surface area contributed by atoms with Crippen LogP contribution >= 0.6 is 0 Å². The summed E-state index contributed by atoms with van der Waals surface area (Å²) in [5.74, 6) is 9.86. The zero-order valence-corrected chi connectivity index (χ0v) is 25.0. The lowest BCUT2D eigenvalue weighted by Gasteiger charge is -2.29. The molecule has 222 valence electrons. The SMILES string of the molecule is CC#CCCC1CCC(OCC(F)(F)Oc2ccc(C3CCC(C=CC4CCC(CCC)CC4)CC3)cc2)CC1. The minimum absolute atomic E-state index is 0.101. The molecule has 0 aromatic heterocycles. The molecule has 3 aliphatic rings. The van der Waals surface area contributed by atoms with Gasteiger partial charge in [0, 0.05) is 6.42 Å². The van der Waals surface area contributed by atoms with Crippen LogP contribution in [-0.4, -0.2) is 18.8 Å². The number of benzene rings is 1. The van der Waals surface area contributed by atoms with Crippen LogP contribution in [-0.2, 0) is 4.74 Å². The summed E-state index contributed by atoms with van der Waals surface area (Å²) in [4.78, 5) is 0. The Balaban J connectivity index is 1.14. The topological polar surface area (TPSA) is 18.5 Å². The number of hydrogen-bond donors (Lipinski definition) is 0. The van der Waals surface area contributed by atoms with Gasteiger partial charge in [-0.25, -0.2) is 0 Å². The molecular weight excluding hydrogens is 502 g/mol. The molecule has 0 aliphatic heterocycles. The summed E-state index contributed by atoms with van der Waals surface area (Å²) in [6.07, 6.45) is 20.4. The highest BCUT2D eigenvalue weighted by Gasteiger charge is 2.34. The van der Waals surface area contributed by atoms with Crippen LogP contribution in [0.1, 0.15) is 128 Å². The summed E-state index contributed by atoms with van der Waals surface area (Å²) in [7, 11) is 0. The zero-order valence-electron chi connectivity index (χ0n) is 25.0. The van der Waals surface area contributed by atoms with Crippen molar-refractivity contribution >= 4 is 0 Å². The second kappa shape index (κ2) is 16.0. The summed E-state index contributed by atoms with van der Waals surface area (Å²) in [5.41, 5.74) is 1.24. The maximum absolute atomic E-state index is 14.5. The van der Waals surface area contributed by atoms with Crippen molar-refractivity contribution in [3.05, 3.63) is 42.0 Å². The summed E-state index contributed by atoms with van der Waals surface area (Å²) in [6, 6.07) is 7.36. The lowest BCUT2D eigenvalue weighted by Crippen LogP contribution is -2.34. The Morgan fingerprint density at radius 2 is 1.38 bits per heavy atom. The fourth-order valence-corrected chi connectivity index (χ4v) is 7.25. The largest absolute Gasteiger partial charge is 0.431 e. The van der Waals surface area contributed by atoms with Gasteiger partial charge in [0.1, 0.15) is 5.75 Å². The van der Waals surface area contributed by atoms with E-state index in [4.69, 9.17) is 9.47 Å². The van der Waals surface area contributed by atoms with Crippen molar-refractivity contribution in [3.63, 3.8) is 0 Å². The number of halogens is 2. The third kappa shape index (κ3) is 10.2. The lowest BCUT2D eigenvalue weighted by molar-refractivity contribution is -0.222. The molecule has 4 rings (SSSR count). The average Bonchev–Trinajstić information content (AvgIpc) is 2.97. The van der Waals surface area contributed by atoms with Crippen molar-refractivity contribution in [2.45, 2.75) is 135 Å². The molecule has 0 bridgehead atoms. The summed E-state index contributed by atoms with van der Waals surface area (Å²) < 4.78 is 39.7. The van der Waals surface area contributed by atoms with E-state index < -0.39 is 12.7 Å². The molecule has 0 unspecified atom stereocenters. The van der Waals surface area contributed by atoms with E-state index in [-0.39, 0.29) is 11.9 Å². The van der Waals surface area contributed by atoms with Crippen molar-refractivity contribution in [2.24, 2.45) is 23.7 Å².